The molecule has 86 valence electrons. The molecule has 2 atom stereocenters. The van der Waals surface area contributed by atoms with E-state index in [9.17, 15) is 4.79 Å². The number of carbonyl (C=O) groups is 1. The van der Waals surface area contributed by atoms with Crippen molar-refractivity contribution in [3.63, 3.8) is 0 Å². The average molecular weight is 211 g/mol. The first kappa shape index (κ1) is 11.1. The Kier molecular flexibility index (Phi) is 3.76. The van der Waals surface area contributed by atoms with E-state index in [-0.39, 0.29) is 5.92 Å². The lowest BCUT2D eigenvalue weighted by Gasteiger charge is -2.23. The van der Waals surface area contributed by atoms with Gasteiger partial charge in [-0.1, -0.05) is 6.92 Å². The molecule has 2 fully saturated rings. The molecule has 2 unspecified atom stereocenters. The number of nitrogens with zero attached hydrogens (tertiary/aromatic N) is 1. The van der Waals surface area contributed by atoms with Crippen LogP contribution in [0.5, 0.6) is 0 Å². The topological polar surface area (TPSA) is 29.5 Å². The zero-order valence-electron chi connectivity index (χ0n) is 9.58. The Bertz CT molecular complexity index is 224. The molecule has 0 amide bonds. The van der Waals surface area contributed by atoms with E-state index in [0.717, 1.165) is 19.6 Å². The third kappa shape index (κ3) is 2.58. The summed E-state index contributed by atoms with van der Waals surface area (Å²) in [6.07, 6.45) is 4.63. The van der Waals surface area contributed by atoms with Crippen LogP contribution in [0.4, 0.5) is 0 Å². The third-order valence-corrected chi connectivity index (χ3v) is 3.71. The molecule has 3 heteroatoms. The summed E-state index contributed by atoms with van der Waals surface area (Å²) in [6, 6.07) is 0.649. The Morgan fingerprint density at radius 2 is 2.33 bits per heavy atom. The first-order valence-electron chi connectivity index (χ1n) is 6.15. The van der Waals surface area contributed by atoms with Gasteiger partial charge in [-0.25, -0.2) is 0 Å². The highest BCUT2D eigenvalue weighted by molar-refractivity contribution is 5.83. The van der Waals surface area contributed by atoms with Gasteiger partial charge in [0.25, 0.3) is 0 Å². The van der Waals surface area contributed by atoms with Gasteiger partial charge in [-0.05, 0) is 32.2 Å². The second-order valence-corrected chi connectivity index (χ2v) is 4.70. The lowest BCUT2D eigenvalue weighted by atomic mass is 10.0. The number of hydrogen-bond donors (Lipinski definition) is 0. The highest BCUT2D eigenvalue weighted by Crippen LogP contribution is 2.21. The van der Waals surface area contributed by atoms with E-state index in [0.29, 0.717) is 25.0 Å². The van der Waals surface area contributed by atoms with Gasteiger partial charge in [0.15, 0.2) is 5.78 Å². The van der Waals surface area contributed by atoms with E-state index in [2.05, 4.69) is 11.8 Å². The molecule has 0 radical (unpaired) electrons. The minimum atomic E-state index is 0.183. The molecule has 2 aliphatic heterocycles. The predicted molar refractivity (Wildman–Crippen MR) is 58.8 cm³/mol. The maximum absolute atomic E-state index is 11.9. The first-order chi connectivity index (χ1) is 7.31. The molecule has 0 bridgehead atoms. The molecule has 3 nitrogen and oxygen atoms in total. The normalized spacial score (nSPS) is 32.3. The fourth-order valence-electron chi connectivity index (χ4n) is 2.68. The second-order valence-electron chi connectivity index (χ2n) is 4.70. The van der Waals surface area contributed by atoms with Crippen molar-refractivity contribution in [1.29, 1.82) is 0 Å². The van der Waals surface area contributed by atoms with Crippen molar-refractivity contribution in [3.8, 4) is 0 Å². The van der Waals surface area contributed by atoms with Crippen LogP contribution in [-0.4, -0.2) is 43.0 Å². The molecule has 15 heavy (non-hydrogen) atoms. The zero-order valence-corrected chi connectivity index (χ0v) is 9.58. The minimum absolute atomic E-state index is 0.183. The highest BCUT2D eigenvalue weighted by atomic mass is 16.5. The summed E-state index contributed by atoms with van der Waals surface area (Å²) in [5.41, 5.74) is 0. The number of ketones is 1. The number of Topliss-reactive ketones (excluding diaryl/α,β-unsaturated/α-hetero) is 1. The predicted octanol–water partition coefficient (Wildman–Crippen LogP) is 1.47. The number of ether oxygens (including phenoxy) is 1. The molecular formula is C12H21NO2. The fourth-order valence-corrected chi connectivity index (χ4v) is 2.68. The summed E-state index contributed by atoms with van der Waals surface area (Å²) in [4.78, 5) is 14.3. The van der Waals surface area contributed by atoms with Gasteiger partial charge < -0.3 is 4.74 Å². The first-order valence-corrected chi connectivity index (χ1v) is 6.15. The monoisotopic (exact) mass is 211 g/mol. The van der Waals surface area contributed by atoms with E-state index >= 15 is 0 Å². The van der Waals surface area contributed by atoms with Crippen molar-refractivity contribution in [1.82, 2.24) is 4.90 Å². The van der Waals surface area contributed by atoms with Crippen LogP contribution in [-0.2, 0) is 9.53 Å². The molecule has 0 aliphatic carbocycles. The Morgan fingerprint density at radius 1 is 1.47 bits per heavy atom. The van der Waals surface area contributed by atoms with Gasteiger partial charge in [-0.3, -0.25) is 9.69 Å². The highest BCUT2D eigenvalue weighted by Gasteiger charge is 2.29. The summed E-state index contributed by atoms with van der Waals surface area (Å²) < 4.78 is 5.26. The number of carbonyl (C=O) groups excluding carboxylic acids is 1. The molecule has 2 rings (SSSR count). The standard InChI is InChI=1S/C12H21NO2/c1-2-11-4-3-6-13(11)8-12(14)10-5-7-15-9-10/h10-11H,2-9H2,1H3. The maximum atomic E-state index is 11.9. The molecule has 2 aliphatic rings. The van der Waals surface area contributed by atoms with Gasteiger partial charge in [0.1, 0.15) is 0 Å². The molecule has 0 spiro atoms. The summed E-state index contributed by atoms with van der Waals surface area (Å²) in [6.45, 7) is 5.41. The van der Waals surface area contributed by atoms with Crippen molar-refractivity contribution in [2.45, 2.75) is 38.6 Å². The summed E-state index contributed by atoms with van der Waals surface area (Å²) in [5, 5.41) is 0. The van der Waals surface area contributed by atoms with Gasteiger partial charge in [-0.15, -0.1) is 0 Å². The van der Waals surface area contributed by atoms with Crippen LogP contribution in [0.15, 0.2) is 0 Å². The van der Waals surface area contributed by atoms with Crippen LogP contribution in [0, 0.1) is 5.92 Å². The van der Waals surface area contributed by atoms with Gasteiger partial charge in [0, 0.05) is 18.6 Å². The second kappa shape index (κ2) is 5.08. The van der Waals surface area contributed by atoms with Crippen LogP contribution in [0.3, 0.4) is 0 Å². The van der Waals surface area contributed by atoms with E-state index in [1.165, 1.54) is 19.3 Å². The van der Waals surface area contributed by atoms with Gasteiger partial charge in [0.2, 0.25) is 0 Å². The van der Waals surface area contributed by atoms with Gasteiger partial charge >= 0.3 is 0 Å². The summed E-state index contributed by atoms with van der Waals surface area (Å²) in [7, 11) is 0. The molecule has 0 saturated carbocycles. The molecule has 0 aromatic rings. The molecule has 2 heterocycles. The minimum Gasteiger partial charge on any atom is -0.381 e. The number of rotatable bonds is 4. The van der Waals surface area contributed by atoms with Crippen LogP contribution in [0.25, 0.3) is 0 Å². The van der Waals surface area contributed by atoms with Crippen LogP contribution >= 0.6 is 0 Å². The Morgan fingerprint density at radius 3 is 3.00 bits per heavy atom. The summed E-state index contributed by atoms with van der Waals surface area (Å²) in [5.74, 6) is 0.580. The van der Waals surface area contributed by atoms with Crippen molar-refractivity contribution < 1.29 is 9.53 Å². The Labute approximate surface area is 91.8 Å². The van der Waals surface area contributed by atoms with Crippen molar-refractivity contribution in [3.05, 3.63) is 0 Å². The van der Waals surface area contributed by atoms with E-state index in [4.69, 9.17) is 4.74 Å². The molecule has 0 aromatic carbocycles. The molecule has 0 aromatic heterocycles. The molecule has 2 saturated heterocycles. The van der Waals surface area contributed by atoms with E-state index < -0.39 is 0 Å². The smallest absolute Gasteiger partial charge is 0.152 e. The van der Waals surface area contributed by atoms with Crippen molar-refractivity contribution >= 4 is 5.78 Å². The van der Waals surface area contributed by atoms with E-state index in [1.807, 2.05) is 0 Å². The van der Waals surface area contributed by atoms with Gasteiger partial charge in [0.05, 0.1) is 13.2 Å². The molecular weight excluding hydrogens is 190 g/mol. The Hall–Kier alpha value is -0.410. The maximum Gasteiger partial charge on any atom is 0.152 e. The van der Waals surface area contributed by atoms with Crippen molar-refractivity contribution in [2.75, 3.05) is 26.3 Å². The SMILES string of the molecule is CCC1CCCN1CC(=O)C1CCOC1. The fraction of sp³-hybridized carbons (Fsp3) is 0.917. The zero-order chi connectivity index (χ0) is 10.7. The van der Waals surface area contributed by atoms with E-state index in [1.54, 1.807) is 0 Å². The number of likely N-dealkylation sites (tertiary alicyclic amines) is 1. The average Bonchev–Trinajstić information content (AvgIpc) is 2.87. The summed E-state index contributed by atoms with van der Waals surface area (Å²) >= 11 is 0. The van der Waals surface area contributed by atoms with Crippen LogP contribution < -0.4 is 0 Å². The lowest BCUT2D eigenvalue weighted by Crippen LogP contribution is -2.36. The van der Waals surface area contributed by atoms with Crippen molar-refractivity contribution in [2.24, 2.45) is 5.92 Å². The van der Waals surface area contributed by atoms with Gasteiger partial charge in [-0.2, -0.15) is 0 Å². The van der Waals surface area contributed by atoms with Crippen LogP contribution in [0.2, 0.25) is 0 Å². The third-order valence-electron chi connectivity index (χ3n) is 3.71. The number of hydrogen-bond acceptors (Lipinski definition) is 3. The largest absolute Gasteiger partial charge is 0.381 e. The lowest BCUT2D eigenvalue weighted by molar-refractivity contribution is -0.124. The van der Waals surface area contributed by atoms with Crippen LogP contribution in [0.1, 0.15) is 32.6 Å². The molecule has 0 N–H and O–H groups in total. The Balaban J connectivity index is 1.82. The quantitative estimate of drug-likeness (QED) is 0.705.